The van der Waals surface area contributed by atoms with Crippen LogP contribution in [0.1, 0.15) is 89.2 Å². The van der Waals surface area contributed by atoms with Crippen molar-refractivity contribution in [3.05, 3.63) is 59.7 Å². The van der Waals surface area contributed by atoms with Crippen LogP contribution < -0.4 is 9.47 Å². The Morgan fingerprint density at radius 2 is 1.30 bits per heavy atom. The van der Waals surface area contributed by atoms with Crippen LogP contribution in [0.2, 0.25) is 0 Å². The van der Waals surface area contributed by atoms with Crippen LogP contribution in [-0.4, -0.2) is 13.1 Å². The van der Waals surface area contributed by atoms with E-state index < -0.39 is 0 Å². The summed E-state index contributed by atoms with van der Waals surface area (Å²) in [6.07, 6.45) is 10.5. The molecule has 0 fully saturated rings. The van der Waals surface area contributed by atoms with E-state index in [1.165, 1.54) is 69.4 Å². The fourth-order valence-corrected chi connectivity index (χ4v) is 4.16. The van der Waals surface area contributed by atoms with Crippen LogP contribution in [0.4, 0.5) is 0 Å². The highest BCUT2D eigenvalue weighted by Gasteiger charge is 2.21. The first-order chi connectivity index (χ1) is 14.5. The molecule has 2 aromatic carbocycles. The van der Waals surface area contributed by atoms with Crippen molar-refractivity contribution < 1.29 is 14.3 Å². The molecule has 0 aliphatic heterocycles. The van der Waals surface area contributed by atoms with Gasteiger partial charge in [-0.05, 0) is 47.7 Å². The zero-order valence-corrected chi connectivity index (χ0v) is 19.2. The maximum Gasteiger partial charge on any atom is 0.308 e. The Hall–Kier alpha value is -2.29. The Kier molecular flexibility index (Phi) is 10.5. The summed E-state index contributed by atoms with van der Waals surface area (Å²) in [5.74, 6) is 2.01. The predicted molar refractivity (Wildman–Crippen MR) is 124 cm³/mol. The second-order valence-corrected chi connectivity index (χ2v) is 8.30. The van der Waals surface area contributed by atoms with Crippen LogP contribution in [0.15, 0.2) is 48.5 Å². The number of ether oxygens (including phenoxy) is 2. The van der Waals surface area contributed by atoms with E-state index in [-0.39, 0.29) is 5.97 Å². The highest BCUT2D eigenvalue weighted by atomic mass is 16.5. The minimum Gasteiger partial charge on any atom is -0.497 e. The van der Waals surface area contributed by atoms with Gasteiger partial charge in [0.05, 0.1) is 7.11 Å². The molecule has 0 saturated carbocycles. The summed E-state index contributed by atoms with van der Waals surface area (Å²) in [4.78, 5) is 11.2. The molecule has 3 heteroatoms. The number of carbonyl (C=O) groups is 1. The van der Waals surface area contributed by atoms with E-state index in [1.807, 2.05) is 24.3 Å². The summed E-state index contributed by atoms with van der Waals surface area (Å²) in [6.45, 7) is 6.05. The summed E-state index contributed by atoms with van der Waals surface area (Å²) in [7, 11) is 1.70. The summed E-state index contributed by atoms with van der Waals surface area (Å²) < 4.78 is 10.5. The molecule has 0 N–H and O–H groups in total. The number of hydrogen-bond acceptors (Lipinski definition) is 3. The van der Waals surface area contributed by atoms with Gasteiger partial charge in [-0.15, -0.1) is 0 Å². The SMILES string of the molecule is CCCCCCCCCC(C)C(c1ccc(OC)cc1)c1ccc(OC(C)=O)cc1. The summed E-state index contributed by atoms with van der Waals surface area (Å²) >= 11 is 0. The third-order valence-corrected chi connectivity index (χ3v) is 5.81. The molecule has 2 atom stereocenters. The van der Waals surface area contributed by atoms with Gasteiger partial charge in [-0.25, -0.2) is 0 Å². The van der Waals surface area contributed by atoms with Crippen molar-refractivity contribution in [3.63, 3.8) is 0 Å². The smallest absolute Gasteiger partial charge is 0.308 e. The third kappa shape index (κ3) is 7.85. The lowest BCUT2D eigenvalue weighted by Gasteiger charge is -2.26. The molecule has 0 saturated heterocycles. The lowest BCUT2D eigenvalue weighted by atomic mass is 9.79. The molecule has 0 radical (unpaired) electrons. The van der Waals surface area contributed by atoms with Gasteiger partial charge in [0.15, 0.2) is 0 Å². The van der Waals surface area contributed by atoms with Crippen LogP contribution in [-0.2, 0) is 4.79 Å². The van der Waals surface area contributed by atoms with E-state index in [9.17, 15) is 4.79 Å². The van der Waals surface area contributed by atoms with E-state index in [2.05, 4.69) is 38.1 Å². The van der Waals surface area contributed by atoms with Gasteiger partial charge in [-0.1, -0.05) is 83.1 Å². The van der Waals surface area contributed by atoms with Gasteiger partial charge < -0.3 is 9.47 Å². The standard InChI is InChI=1S/C27H38O3/c1-5-6-7-8-9-10-11-12-21(2)27(23-13-17-25(29-4)18-14-23)24-15-19-26(20-16-24)30-22(3)28/h13-21,27H,5-12H2,1-4H3. The van der Waals surface area contributed by atoms with Crippen molar-refractivity contribution in [1.82, 2.24) is 0 Å². The molecular weight excluding hydrogens is 372 g/mol. The minimum absolute atomic E-state index is 0.290. The van der Waals surface area contributed by atoms with Crippen molar-refractivity contribution in [3.8, 4) is 11.5 Å². The molecule has 0 bridgehead atoms. The molecule has 0 amide bonds. The predicted octanol–water partition coefficient (Wildman–Crippen LogP) is 7.53. The first-order valence-corrected chi connectivity index (χ1v) is 11.5. The normalized spacial score (nSPS) is 12.9. The second kappa shape index (κ2) is 13.1. The molecule has 2 aromatic rings. The van der Waals surface area contributed by atoms with E-state index in [1.54, 1.807) is 7.11 Å². The number of carbonyl (C=O) groups excluding carboxylic acids is 1. The average Bonchev–Trinajstić information content (AvgIpc) is 2.74. The molecule has 0 spiro atoms. The van der Waals surface area contributed by atoms with Crippen LogP contribution >= 0.6 is 0 Å². The molecule has 164 valence electrons. The summed E-state index contributed by atoms with van der Waals surface area (Å²) in [6, 6.07) is 16.4. The van der Waals surface area contributed by atoms with Crippen molar-refractivity contribution in [2.24, 2.45) is 5.92 Å². The number of unbranched alkanes of at least 4 members (excludes halogenated alkanes) is 6. The fourth-order valence-electron chi connectivity index (χ4n) is 4.16. The minimum atomic E-state index is -0.290. The summed E-state index contributed by atoms with van der Waals surface area (Å²) in [5.41, 5.74) is 2.55. The van der Waals surface area contributed by atoms with Crippen molar-refractivity contribution in [1.29, 1.82) is 0 Å². The van der Waals surface area contributed by atoms with Crippen molar-refractivity contribution in [2.45, 2.75) is 78.1 Å². The Morgan fingerprint density at radius 1 is 0.800 bits per heavy atom. The lowest BCUT2D eigenvalue weighted by molar-refractivity contribution is -0.131. The van der Waals surface area contributed by atoms with Gasteiger partial charge in [0.1, 0.15) is 11.5 Å². The van der Waals surface area contributed by atoms with E-state index in [4.69, 9.17) is 9.47 Å². The number of hydrogen-bond donors (Lipinski definition) is 0. The Balaban J connectivity index is 2.07. The first-order valence-electron chi connectivity index (χ1n) is 11.5. The lowest BCUT2D eigenvalue weighted by Crippen LogP contribution is -2.12. The molecular formula is C27H38O3. The van der Waals surface area contributed by atoms with Gasteiger partial charge in [-0.3, -0.25) is 4.79 Å². The van der Waals surface area contributed by atoms with Gasteiger partial charge in [0.25, 0.3) is 0 Å². The Labute approximate surface area is 182 Å². The highest BCUT2D eigenvalue weighted by molar-refractivity contribution is 5.69. The number of benzene rings is 2. The molecule has 3 nitrogen and oxygen atoms in total. The molecule has 30 heavy (non-hydrogen) atoms. The number of rotatable bonds is 13. The number of methoxy groups -OCH3 is 1. The molecule has 2 rings (SSSR count). The quantitative estimate of drug-likeness (QED) is 0.194. The van der Waals surface area contributed by atoms with Crippen LogP contribution in [0.5, 0.6) is 11.5 Å². The maximum absolute atomic E-state index is 11.2. The molecule has 0 aliphatic carbocycles. The molecule has 2 unspecified atom stereocenters. The van der Waals surface area contributed by atoms with Crippen LogP contribution in [0, 0.1) is 5.92 Å². The van der Waals surface area contributed by atoms with Crippen molar-refractivity contribution >= 4 is 5.97 Å². The average molecular weight is 411 g/mol. The van der Waals surface area contributed by atoms with Gasteiger partial charge >= 0.3 is 5.97 Å². The third-order valence-electron chi connectivity index (χ3n) is 5.81. The fraction of sp³-hybridized carbons (Fsp3) is 0.519. The van der Waals surface area contributed by atoms with E-state index in [0.29, 0.717) is 17.6 Å². The van der Waals surface area contributed by atoms with Gasteiger partial charge in [0, 0.05) is 12.8 Å². The Bertz CT molecular complexity index is 734. The molecule has 0 heterocycles. The number of esters is 1. The molecule has 0 aliphatic rings. The second-order valence-electron chi connectivity index (χ2n) is 8.30. The largest absolute Gasteiger partial charge is 0.497 e. The van der Waals surface area contributed by atoms with E-state index in [0.717, 1.165) is 5.75 Å². The van der Waals surface area contributed by atoms with Gasteiger partial charge in [-0.2, -0.15) is 0 Å². The maximum atomic E-state index is 11.2. The Morgan fingerprint density at radius 3 is 1.80 bits per heavy atom. The zero-order valence-electron chi connectivity index (χ0n) is 19.2. The monoisotopic (exact) mass is 410 g/mol. The highest BCUT2D eigenvalue weighted by Crippen LogP contribution is 2.36. The summed E-state index contributed by atoms with van der Waals surface area (Å²) in [5, 5.41) is 0. The zero-order chi connectivity index (χ0) is 21.8. The van der Waals surface area contributed by atoms with Crippen LogP contribution in [0.25, 0.3) is 0 Å². The van der Waals surface area contributed by atoms with E-state index >= 15 is 0 Å². The van der Waals surface area contributed by atoms with Crippen LogP contribution in [0.3, 0.4) is 0 Å². The first kappa shape index (κ1) is 24.0. The van der Waals surface area contributed by atoms with Gasteiger partial charge in [0.2, 0.25) is 0 Å². The topological polar surface area (TPSA) is 35.5 Å². The van der Waals surface area contributed by atoms with Crippen molar-refractivity contribution in [2.75, 3.05) is 7.11 Å². The molecule has 0 aromatic heterocycles.